The van der Waals surface area contributed by atoms with E-state index in [1.165, 1.54) is 0 Å². The number of hydrogen-bond acceptors (Lipinski definition) is 3. The average molecular weight is 343 g/mol. The standard InChI is InChI=1S/C18H19ClN4O/c1-11-8-16(15-5-4-14(19)9-17(15)22-11)18(24)20-6-7-23-10-21-12(2)13(23)3/h4-5,8-10H,6-7H2,1-3H3,(H,20,24). The molecular formula is C18H19ClN4O. The van der Waals surface area contributed by atoms with Crippen LogP contribution in [0.3, 0.4) is 0 Å². The van der Waals surface area contributed by atoms with Gasteiger partial charge in [-0.15, -0.1) is 0 Å². The monoisotopic (exact) mass is 342 g/mol. The molecule has 124 valence electrons. The lowest BCUT2D eigenvalue weighted by atomic mass is 10.1. The summed E-state index contributed by atoms with van der Waals surface area (Å²) in [5.74, 6) is -0.109. The van der Waals surface area contributed by atoms with Gasteiger partial charge in [-0.2, -0.15) is 0 Å². The van der Waals surface area contributed by atoms with Crippen LogP contribution in [0.1, 0.15) is 27.4 Å². The van der Waals surface area contributed by atoms with Crippen molar-refractivity contribution in [3.05, 3.63) is 58.3 Å². The zero-order valence-electron chi connectivity index (χ0n) is 13.9. The second kappa shape index (κ2) is 6.61. The number of carbonyl (C=O) groups excluding carboxylic acids is 1. The summed E-state index contributed by atoms with van der Waals surface area (Å²) in [7, 11) is 0. The molecule has 3 rings (SSSR count). The number of aryl methyl sites for hydroxylation is 2. The van der Waals surface area contributed by atoms with Gasteiger partial charge in [0.25, 0.3) is 5.91 Å². The minimum atomic E-state index is -0.109. The maximum atomic E-state index is 12.6. The number of hydrogen-bond donors (Lipinski definition) is 1. The van der Waals surface area contributed by atoms with Gasteiger partial charge in [-0.05, 0) is 39.0 Å². The first kappa shape index (κ1) is 16.5. The molecule has 1 amide bonds. The van der Waals surface area contributed by atoms with Gasteiger partial charge in [-0.1, -0.05) is 17.7 Å². The smallest absolute Gasteiger partial charge is 0.252 e. The maximum Gasteiger partial charge on any atom is 0.252 e. The first-order valence-electron chi connectivity index (χ1n) is 7.79. The Labute approximate surface area is 145 Å². The number of nitrogens with one attached hydrogen (secondary N) is 1. The summed E-state index contributed by atoms with van der Waals surface area (Å²) in [6, 6.07) is 7.19. The fraction of sp³-hybridized carbons (Fsp3) is 0.278. The van der Waals surface area contributed by atoms with E-state index in [0.717, 1.165) is 28.0 Å². The van der Waals surface area contributed by atoms with Crippen molar-refractivity contribution in [2.24, 2.45) is 0 Å². The molecule has 0 aliphatic carbocycles. The van der Waals surface area contributed by atoms with Crippen LogP contribution in [0.15, 0.2) is 30.6 Å². The van der Waals surface area contributed by atoms with E-state index in [4.69, 9.17) is 11.6 Å². The summed E-state index contributed by atoms with van der Waals surface area (Å²) in [6.45, 7) is 7.09. The normalized spacial score (nSPS) is 11.0. The molecule has 2 heterocycles. The number of amides is 1. The van der Waals surface area contributed by atoms with Gasteiger partial charge in [-0.25, -0.2) is 4.98 Å². The van der Waals surface area contributed by atoms with Crippen molar-refractivity contribution < 1.29 is 4.79 Å². The number of benzene rings is 1. The molecule has 1 aromatic carbocycles. The van der Waals surface area contributed by atoms with Crippen LogP contribution in [0.4, 0.5) is 0 Å². The van der Waals surface area contributed by atoms with E-state index in [1.807, 2.05) is 31.4 Å². The molecule has 0 saturated heterocycles. The molecule has 6 heteroatoms. The van der Waals surface area contributed by atoms with E-state index in [9.17, 15) is 4.79 Å². The highest BCUT2D eigenvalue weighted by Gasteiger charge is 2.12. The third-order valence-electron chi connectivity index (χ3n) is 4.13. The Hall–Kier alpha value is -2.40. The van der Waals surface area contributed by atoms with Gasteiger partial charge in [0.1, 0.15) is 0 Å². The molecule has 0 aliphatic rings. The van der Waals surface area contributed by atoms with Crippen LogP contribution in [-0.2, 0) is 6.54 Å². The van der Waals surface area contributed by atoms with E-state index >= 15 is 0 Å². The molecule has 3 aromatic rings. The summed E-state index contributed by atoms with van der Waals surface area (Å²) >= 11 is 6.02. The zero-order chi connectivity index (χ0) is 17.3. The van der Waals surface area contributed by atoms with E-state index in [-0.39, 0.29) is 5.91 Å². The van der Waals surface area contributed by atoms with E-state index in [2.05, 4.69) is 15.3 Å². The number of pyridine rings is 1. The number of carbonyl (C=O) groups is 1. The SMILES string of the molecule is Cc1cc(C(=O)NCCn2cnc(C)c2C)c2ccc(Cl)cc2n1. The third kappa shape index (κ3) is 3.26. The van der Waals surface area contributed by atoms with Gasteiger partial charge >= 0.3 is 0 Å². The van der Waals surface area contributed by atoms with Crippen molar-refractivity contribution in [3.63, 3.8) is 0 Å². The van der Waals surface area contributed by atoms with Crippen LogP contribution < -0.4 is 5.32 Å². The zero-order valence-corrected chi connectivity index (χ0v) is 14.7. The van der Waals surface area contributed by atoms with Gasteiger partial charge in [0.05, 0.1) is 23.1 Å². The second-order valence-electron chi connectivity index (χ2n) is 5.84. The lowest BCUT2D eigenvalue weighted by molar-refractivity contribution is 0.0953. The number of nitrogens with zero attached hydrogens (tertiary/aromatic N) is 3. The van der Waals surface area contributed by atoms with Crippen molar-refractivity contribution in [1.29, 1.82) is 0 Å². The third-order valence-corrected chi connectivity index (χ3v) is 4.36. The van der Waals surface area contributed by atoms with Gasteiger partial charge in [-0.3, -0.25) is 9.78 Å². The molecule has 1 N–H and O–H groups in total. The van der Waals surface area contributed by atoms with Gasteiger partial charge in [0, 0.05) is 34.9 Å². The van der Waals surface area contributed by atoms with Crippen molar-refractivity contribution in [2.75, 3.05) is 6.54 Å². The summed E-state index contributed by atoms with van der Waals surface area (Å²) in [6.07, 6.45) is 1.80. The predicted molar refractivity (Wildman–Crippen MR) is 95.5 cm³/mol. The van der Waals surface area contributed by atoms with Crippen LogP contribution in [0, 0.1) is 20.8 Å². The molecule has 0 fully saturated rings. The first-order chi connectivity index (χ1) is 11.5. The summed E-state index contributed by atoms with van der Waals surface area (Å²) < 4.78 is 2.03. The quantitative estimate of drug-likeness (QED) is 0.790. The molecular weight excluding hydrogens is 324 g/mol. The predicted octanol–water partition coefficient (Wildman–Crippen LogP) is 3.44. The fourth-order valence-electron chi connectivity index (χ4n) is 2.68. The number of aromatic nitrogens is 3. The summed E-state index contributed by atoms with van der Waals surface area (Å²) in [4.78, 5) is 21.3. The highest BCUT2D eigenvalue weighted by atomic mass is 35.5. The maximum absolute atomic E-state index is 12.6. The Kier molecular flexibility index (Phi) is 4.53. The highest BCUT2D eigenvalue weighted by molar-refractivity contribution is 6.31. The number of halogens is 1. The lowest BCUT2D eigenvalue weighted by Gasteiger charge is -2.10. The van der Waals surface area contributed by atoms with Crippen LogP contribution >= 0.6 is 11.6 Å². The van der Waals surface area contributed by atoms with Gasteiger partial charge < -0.3 is 9.88 Å². The van der Waals surface area contributed by atoms with Crippen LogP contribution in [-0.4, -0.2) is 27.0 Å². The number of rotatable bonds is 4. The second-order valence-corrected chi connectivity index (χ2v) is 6.27. The Balaban J connectivity index is 1.77. The Morgan fingerprint density at radius 3 is 2.75 bits per heavy atom. The minimum absolute atomic E-state index is 0.109. The topological polar surface area (TPSA) is 59.8 Å². The first-order valence-corrected chi connectivity index (χ1v) is 8.17. The van der Waals surface area contributed by atoms with E-state index < -0.39 is 0 Å². The van der Waals surface area contributed by atoms with Crippen molar-refractivity contribution >= 4 is 28.4 Å². The molecule has 24 heavy (non-hydrogen) atoms. The van der Waals surface area contributed by atoms with Crippen molar-refractivity contribution in [3.8, 4) is 0 Å². The van der Waals surface area contributed by atoms with Gasteiger partial charge in [0.15, 0.2) is 0 Å². The molecule has 0 unspecified atom stereocenters. The van der Waals surface area contributed by atoms with Crippen LogP contribution in [0.25, 0.3) is 10.9 Å². The van der Waals surface area contributed by atoms with Crippen LogP contribution in [0.2, 0.25) is 5.02 Å². The summed E-state index contributed by atoms with van der Waals surface area (Å²) in [5, 5.41) is 4.38. The minimum Gasteiger partial charge on any atom is -0.350 e. The fourth-order valence-corrected chi connectivity index (χ4v) is 2.84. The molecule has 2 aromatic heterocycles. The number of imidazole rings is 1. The van der Waals surface area contributed by atoms with Crippen molar-refractivity contribution in [2.45, 2.75) is 27.3 Å². The molecule has 0 saturated carbocycles. The number of fused-ring (bicyclic) bond motifs is 1. The van der Waals surface area contributed by atoms with Gasteiger partial charge in [0.2, 0.25) is 0 Å². The highest BCUT2D eigenvalue weighted by Crippen LogP contribution is 2.22. The molecule has 0 aliphatic heterocycles. The molecule has 5 nitrogen and oxygen atoms in total. The molecule has 0 spiro atoms. The average Bonchev–Trinajstić information content (AvgIpc) is 2.85. The molecule has 0 atom stereocenters. The Morgan fingerprint density at radius 2 is 2.04 bits per heavy atom. The summed E-state index contributed by atoms with van der Waals surface area (Å²) in [5.41, 5.74) is 4.26. The largest absolute Gasteiger partial charge is 0.350 e. The van der Waals surface area contributed by atoms with E-state index in [1.54, 1.807) is 24.5 Å². The molecule has 0 bridgehead atoms. The van der Waals surface area contributed by atoms with Crippen molar-refractivity contribution in [1.82, 2.24) is 19.9 Å². The van der Waals surface area contributed by atoms with E-state index in [0.29, 0.717) is 23.7 Å². The Morgan fingerprint density at radius 1 is 1.25 bits per heavy atom. The lowest BCUT2D eigenvalue weighted by Crippen LogP contribution is -2.27. The Bertz CT molecular complexity index is 912. The van der Waals surface area contributed by atoms with Crippen LogP contribution in [0.5, 0.6) is 0 Å². The molecule has 0 radical (unpaired) electrons.